The van der Waals surface area contributed by atoms with Gasteiger partial charge in [-0.3, -0.25) is 15.2 Å². The first-order valence-electron chi connectivity index (χ1n) is 11.3. The lowest BCUT2D eigenvalue weighted by Gasteiger charge is -2.25. The Morgan fingerprint density at radius 2 is 2.17 bits per heavy atom. The number of hydrogen-bond donors (Lipinski definition) is 3. The standard InChI is InChI=1S/C23H27F3N6O3/c1-15-10-17(32-14-18(35-23(32)34)12-28-22(33)21(25)26)11-19(24)20(15)30-7-6-29-31(9-8-30)13-16-4-2-3-5-27-16/h2-5,10-11,18,21,29H,6-9,12-14H2,1H3,(H,28,33)/p+1/t18-/m0/s1. The summed E-state index contributed by atoms with van der Waals surface area (Å²) < 4.78 is 46.6. The van der Waals surface area contributed by atoms with Crippen LogP contribution in [0.25, 0.3) is 0 Å². The molecule has 0 aliphatic carbocycles. The zero-order valence-corrected chi connectivity index (χ0v) is 19.3. The number of aliphatic hydroxyl groups excluding tert-OH is 1. The van der Waals surface area contributed by atoms with Gasteiger partial charge in [-0.25, -0.2) is 9.40 Å². The Morgan fingerprint density at radius 1 is 1.34 bits per heavy atom. The Balaban J connectivity index is 1.41. The van der Waals surface area contributed by atoms with Crippen LogP contribution < -0.4 is 15.6 Å². The fourth-order valence-corrected chi connectivity index (χ4v) is 4.24. The maximum Gasteiger partial charge on any atom is 0.553 e. The van der Waals surface area contributed by atoms with Crippen molar-refractivity contribution in [3.05, 3.63) is 53.6 Å². The van der Waals surface area contributed by atoms with E-state index < -0.39 is 30.3 Å². The molecule has 1 saturated heterocycles. The summed E-state index contributed by atoms with van der Waals surface area (Å²) >= 11 is 0. The van der Waals surface area contributed by atoms with Crippen molar-refractivity contribution < 1.29 is 32.4 Å². The predicted molar refractivity (Wildman–Crippen MR) is 122 cm³/mol. The Morgan fingerprint density at radius 3 is 2.89 bits per heavy atom. The molecule has 4 rings (SSSR count). The van der Waals surface area contributed by atoms with Crippen LogP contribution in [-0.4, -0.2) is 83.5 Å². The predicted octanol–water partition coefficient (Wildman–Crippen LogP) is 1.69. The molecule has 3 heterocycles. The van der Waals surface area contributed by atoms with E-state index in [9.17, 15) is 18.7 Å². The van der Waals surface area contributed by atoms with Gasteiger partial charge in [-0.05, 0) is 24.6 Å². The Kier molecular flexibility index (Phi) is 7.71. The van der Waals surface area contributed by atoms with Crippen LogP contribution in [-0.2, 0) is 16.1 Å². The average Bonchev–Trinajstić information content (AvgIpc) is 3.05. The maximum absolute atomic E-state index is 15.3. The first-order valence-corrected chi connectivity index (χ1v) is 11.3. The van der Waals surface area contributed by atoms with Gasteiger partial charge in [-0.1, -0.05) is 6.07 Å². The van der Waals surface area contributed by atoms with Crippen LogP contribution in [0.2, 0.25) is 0 Å². The van der Waals surface area contributed by atoms with Crippen LogP contribution in [0.5, 0.6) is 0 Å². The van der Waals surface area contributed by atoms with E-state index in [1.54, 1.807) is 19.2 Å². The van der Waals surface area contributed by atoms with Gasteiger partial charge in [0.25, 0.3) is 5.91 Å². The Hall–Kier alpha value is -3.38. The molecule has 35 heavy (non-hydrogen) atoms. The minimum atomic E-state index is -3.13. The molecule has 1 aromatic carbocycles. The molecular weight excluding hydrogens is 465 g/mol. The van der Waals surface area contributed by atoms with Gasteiger partial charge in [0, 0.05) is 44.5 Å². The molecule has 0 unspecified atom stereocenters. The summed E-state index contributed by atoms with van der Waals surface area (Å²) in [5, 5.41) is 14.3. The van der Waals surface area contributed by atoms with E-state index in [1.807, 2.05) is 23.1 Å². The molecule has 2 aliphatic rings. The zero-order chi connectivity index (χ0) is 24.9. The molecule has 0 saturated carbocycles. The van der Waals surface area contributed by atoms with E-state index in [4.69, 9.17) is 4.74 Å². The minimum absolute atomic E-state index is 0.0731. The third-order valence-corrected chi connectivity index (χ3v) is 5.89. The fourth-order valence-electron chi connectivity index (χ4n) is 4.24. The summed E-state index contributed by atoms with van der Waals surface area (Å²) in [6.07, 6.45) is -2.60. The molecule has 12 heteroatoms. The summed E-state index contributed by atoms with van der Waals surface area (Å²) in [4.78, 5) is 17.4. The van der Waals surface area contributed by atoms with Crippen molar-refractivity contribution in [1.82, 2.24) is 20.7 Å². The SMILES string of the molecule is Cc1cc([N+]2=C(O)O[C@@H](CNC(=O)C(F)F)C2)cc(F)c1N1CCNN(Cc2ccccn2)CC1. The number of aromatic nitrogens is 1. The number of aryl methyl sites for hydroxylation is 1. The van der Waals surface area contributed by atoms with Gasteiger partial charge in [0.05, 0.1) is 24.5 Å². The number of pyridine rings is 1. The summed E-state index contributed by atoms with van der Waals surface area (Å²) in [5.74, 6) is -1.86. The van der Waals surface area contributed by atoms with Crippen LogP contribution in [0.3, 0.4) is 0 Å². The molecular formula is C23H28F3N6O3+. The van der Waals surface area contributed by atoms with Crippen LogP contribution in [0.1, 0.15) is 11.3 Å². The third-order valence-electron chi connectivity index (χ3n) is 5.89. The summed E-state index contributed by atoms with van der Waals surface area (Å²) in [7, 11) is 0. The fraction of sp³-hybridized carbons (Fsp3) is 0.435. The van der Waals surface area contributed by atoms with E-state index in [0.29, 0.717) is 49.7 Å². The minimum Gasteiger partial charge on any atom is -0.430 e. The number of nitrogens with one attached hydrogen (secondary N) is 2. The molecule has 2 aromatic rings. The number of anilines is 1. The molecule has 0 radical (unpaired) electrons. The first-order chi connectivity index (χ1) is 16.8. The highest BCUT2D eigenvalue weighted by molar-refractivity contribution is 5.79. The van der Waals surface area contributed by atoms with Crippen LogP contribution in [0.4, 0.5) is 24.5 Å². The number of aliphatic hydroxyl groups is 1. The van der Waals surface area contributed by atoms with Crippen LogP contribution >= 0.6 is 0 Å². The van der Waals surface area contributed by atoms with E-state index in [-0.39, 0.29) is 13.1 Å². The Labute approximate surface area is 200 Å². The van der Waals surface area contributed by atoms with E-state index in [2.05, 4.69) is 20.7 Å². The topological polar surface area (TPSA) is 93.0 Å². The van der Waals surface area contributed by atoms with Crippen LogP contribution in [0.15, 0.2) is 36.5 Å². The lowest BCUT2D eigenvalue weighted by atomic mass is 10.1. The highest BCUT2D eigenvalue weighted by Gasteiger charge is 2.36. The molecule has 1 fully saturated rings. The van der Waals surface area contributed by atoms with Gasteiger partial charge >= 0.3 is 12.5 Å². The van der Waals surface area contributed by atoms with Gasteiger partial charge in [-0.15, -0.1) is 4.58 Å². The van der Waals surface area contributed by atoms with Crippen molar-refractivity contribution >= 4 is 23.4 Å². The molecule has 1 atom stereocenters. The largest absolute Gasteiger partial charge is 0.553 e. The number of halogens is 3. The second-order valence-corrected chi connectivity index (χ2v) is 8.41. The lowest BCUT2D eigenvalue weighted by Crippen LogP contribution is -2.38. The molecule has 1 amide bonds. The monoisotopic (exact) mass is 493 g/mol. The van der Waals surface area contributed by atoms with Crippen molar-refractivity contribution in [2.24, 2.45) is 0 Å². The van der Waals surface area contributed by atoms with Gasteiger partial charge in [-0.2, -0.15) is 8.78 Å². The second-order valence-electron chi connectivity index (χ2n) is 8.41. The summed E-state index contributed by atoms with van der Waals surface area (Å²) in [6, 6.07) is 8.81. The maximum atomic E-state index is 15.3. The molecule has 2 aliphatic heterocycles. The van der Waals surface area contributed by atoms with Crippen molar-refractivity contribution in [1.29, 1.82) is 0 Å². The van der Waals surface area contributed by atoms with Gasteiger partial charge in [0.15, 0.2) is 18.5 Å². The number of amides is 1. The number of carbonyl (C=O) groups is 1. The number of carbonyl (C=O) groups excluding carboxylic acids is 1. The number of hydrogen-bond acceptors (Lipinski definition) is 6. The van der Waals surface area contributed by atoms with Crippen molar-refractivity contribution in [3.8, 4) is 0 Å². The first kappa shape index (κ1) is 24.7. The van der Waals surface area contributed by atoms with Gasteiger partial charge in [0.2, 0.25) is 5.69 Å². The number of nitrogens with zero attached hydrogens (tertiary/aromatic N) is 4. The van der Waals surface area contributed by atoms with Crippen molar-refractivity contribution in [3.63, 3.8) is 0 Å². The molecule has 3 N–H and O–H groups in total. The highest BCUT2D eigenvalue weighted by atomic mass is 19.3. The highest BCUT2D eigenvalue weighted by Crippen LogP contribution is 2.30. The van der Waals surface area contributed by atoms with Gasteiger partial charge < -0.3 is 20.1 Å². The van der Waals surface area contributed by atoms with E-state index in [1.165, 1.54) is 10.6 Å². The summed E-state index contributed by atoms with van der Waals surface area (Å²) in [6.45, 7) is 4.80. The molecule has 0 bridgehead atoms. The summed E-state index contributed by atoms with van der Waals surface area (Å²) in [5.41, 5.74) is 5.83. The number of ether oxygens (including phenoxy) is 1. The van der Waals surface area contributed by atoms with E-state index >= 15 is 4.39 Å². The lowest BCUT2D eigenvalue weighted by molar-refractivity contribution is -0.441. The number of rotatable bonds is 7. The van der Waals surface area contributed by atoms with Crippen molar-refractivity contribution in [2.45, 2.75) is 26.0 Å². The zero-order valence-electron chi connectivity index (χ0n) is 19.3. The molecule has 1 aromatic heterocycles. The number of benzene rings is 1. The molecule has 188 valence electrons. The van der Waals surface area contributed by atoms with Crippen molar-refractivity contribution in [2.75, 3.05) is 44.2 Å². The average molecular weight is 494 g/mol. The molecule has 9 nitrogen and oxygen atoms in total. The normalized spacial score (nSPS) is 19.1. The molecule has 0 spiro atoms. The third kappa shape index (κ3) is 6.01. The Bertz CT molecular complexity index is 1060. The van der Waals surface area contributed by atoms with E-state index in [0.717, 1.165) is 5.69 Å². The van der Waals surface area contributed by atoms with Gasteiger partial charge in [0.1, 0.15) is 0 Å². The second kappa shape index (κ2) is 10.9. The smallest absolute Gasteiger partial charge is 0.430 e. The quantitative estimate of drug-likeness (QED) is 0.506. The number of hydrazine groups is 1. The number of alkyl halides is 2. The van der Waals surface area contributed by atoms with Crippen LogP contribution in [0, 0.1) is 12.7 Å².